The minimum absolute atomic E-state index is 0.0620. The van der Waals surface area contributed by atoms with Crippen molar-refractivity contribution in [2.45, 2.75) is 13.0 Å². The molecule has 0 atom stereocenters. The summed E-state index contributed by atoms with van der Waals surface area (Å²) in [6.07, 6.45) is 6.52. The van der Waals surface area contributed by atoms with Crippen LogP contribution in [0.3, 0.4) is 0 Å². The first kappa shape index (κ1) is 20.2. The topological polar surface area (TPSA) is 122 Å². The summed E-state index contributed by atoms with van der Waals surface area (Å²) in [7, 11) is 0. The number of aromatic amines is 1. The first-order valence-corrected chi connectivity index (χ1v) is 9.97. The number of halogens is 1. The van der Waals surface area contributed by atoms with Crippen molar-refractivity contribution in [2.75, 3.05) is 44.3 Å². The largest absolute Gasteiger partial charge is 0.379 e. The number of anilines is 1. The summed E-state index contributed by atoms with van der Waals surface area (Å²) in [5.41, 5.74) is 0.383. The third kappa shape index (κ3) is 4.57. The normalized spacial score (nSPS) is 14.4. The molecule has 11 nitrogen and oxygen atoms in total. The molecule has 1 amide bonds. The van der Waals surface area contributed by atoms with Gasteiger partial charge in [-0.15, -0.1) is 0 Å². The predicted octanol–water partition coefficient (Wildman–Crippen LogP) is 0.319. The van der Waals surface area contributed by atoms with Crippen LogP contribution in [0.25, 0.3) is 10.9 Å². The van der Waals surface area contributed by atoms with Gasteiger partial charge in [0.15, 0.2) is 0 Å². The average molecular weight is 433 g/mol. The van der Waals surface area contributed by atoms with Gasteiger partial charge < -0.3 is 14.5 Å². The molecule has 3 aromatic rings. The maximum absolute atomic E-state index is 12.4. The van der Waals surface area contributed by atoms with Gasteiger partial charge in [-0.2, -0.15) is 10.2 Å². The summed E-state index contributed by atoms with van der Waals surface area (Å²) in [4.78, 5) is 36.3. The number of piperazine rings is 1. The zero-order chi connectivity index (χ0) is 20.9. The first-order valence-electron chi connectivity index (χ1n) is 9.59. The van der Waals surface area contributed by atoms with Crippen LogP contribution in [0.2, 0.25) is 5.02 Å². The SMILES string of the molecule is O=C(CCOCCn1ncc2c(=O)[nH]ncc21)N1CCN(c2ncc(Cl)cn2)CC1. The number of amides is 1. The van der Waals surface area contributed by atoms with Crippen LogP contribution in [0.5, 0.6) is 0 Å². The van der Waals surface area contributed by atoms with E-state index in [1.165, 1.54) is 6.20 Å². The number of carbonyl (C=O) groups excluding carboxylic acids is 1. The summed E-state index contributed by atoms with van der Waals surface area (Å²) < 4.78 is 7.26. The molecule has 0 unspecified atom stereocenters. The number of H-pyrrole nitrogens is 1. The number of aromatic nitrogens is 6. The Hall–Kier alpha value is -3.05. The van der Waals surface area contributed by atoms with Crippen LogP contribution < -0.4 is 10.5 Å². The maximum atomic E-state index is 12.4. The zero-order valence-corrected chi connectivity index (χ0v) is 17.0. The van der Waals surface area contributed by atoms with Gasteiger partial charge in [-0.05, 0) is 0 Å². The average Bonchev–Trinajstić information content (AvgIpc) is 3.18. The maximum Gasteiger partial charge on any atom is 0.275 e. The fraction of sp³-hybridized carbons (Fsp3) is 0.444. The Kier molecular flexibility index (Phi) is 6.19. The Labute approximate surface area is 176 Å². The smallest absolute Gasteiger partial charge is 0.275 e. The van der Waals surface area contributed by atoms with E-state index in [1.807, 2.05) is 9.80 Å². The lowest BCUT2D eigenvalue weighted by Crippen LogP contribution is -2.49. The van der Waals surface area contributed by atoms with Crippen LogP contribution in [0.1, 0.15) is 6.42 Å². The quantitative estimate of drug-likeness (QED) is 0.529. The van der Waals surface area contributed by atoms with E-state index >= 15 is 0 Å². The van der Waals surface area contributed by atoms with E-state index in [4.69, 9.17) is 16.3 Å². The molecule has 4 heterocycles. The molecule has 0 bridgehead atoms. The first-order chi connectivity index (χ1) is 14.6. The molecule has 12 heteroatoms. The van der Waals surface area contributed by atoms with Crippen molar-refractivity contribution >= 4 is 34.4 Å². The summed E-state index contributed by atoms with van der Waals surface area (Å²) in [6, 6.07) is 0. The Morgan fingerprint density at radius 2 is 1.87 bits per heavy atom. The van der Waals surface area contributed by atoms with E-state index in [-0.39, 0.29) is 11.5 Å². The van der Waals surface area contributed by atoms with Gasteiger partial charge in [0.2, 0.25) is 11.9 Å². The Balaban J connectivity index is 1.17. The van der Waals surface area contributed by atoms with Crippen LogP contribution in [0, 0.1) is 0 Å². The molecule has 1 N–H and O–H groups in total. The summed E-state index contributed by atoms with van der Waals surface area (Å²) in [6.45, 7) is 3.78. The highest BCUT2D eigenvalue weighted by Crippen LogP contribution is 2.13. The molecular weight excluding hydrogens is 412 g/mol. The van der Waals surface area contributed by atoms with E-state index < -0.39 is 0 Å². The van der Waals surface area contributed by atoms with E-state index in [2.05, 4.69) is 25.3 Å². The molecule has 1 aliphatic heterocycles. The van der Waals surface area contributed by atoms with Gasteiger partial charge in [0.05, 0.1) is 66.9 Å². The molecule has 158 valence electrons. The van der Waals surface area contributed by atoms with Crippen LogP contribution in [0.15, 0.2) is 29.6 Å². The van der Waals surface area contributed by atoms with Gasteiger partial charge in [0, 0.05) is 26.2 Å². The lowest BCUT2D eigenvalue weighted by Gasteiger charge is -2.34. The molecule has 4 rings (SSSR count). The fourth-order valence-corrected chi connectivity index (χ4v) is 3.39. The van der Waals surface area contributed by atoms with Crippen molar-refractivity contribution in [3.63, 3.8) is 0 Å². The van der Waals surface area contributed by atoms with Crippen LogP contribution >= 0.6 is 11.6 Å². The fourth-order valence-electron chi connectivity index (χ4n) is 3.29. The third-order valence-corrected chi connectivity index (χ3v) is 5.10. The van der Waals surface area contributed by atoms with Crippen molar-refractivity contribution in [2.24, 2.45) is 0 Å². The highest BCUT2D eigenvalue weighted by Gasteiger charge is 2.22. The summed E-state index contributed by atoms with van der Waals surface area (Å²) in [5.74, 6) is 0.685. The number of rotatable bonds is 7. The highest BCUT2D eigenvalue weighted by atomic mass is 35.5. The van der Waals surface area contributed by atoms with Crippen LogP contribution in [-0.2, 0) is 16.1 Å². The number of ether oxygens (including phenoxy) is 1. The van der Waals surface area contributed by atoms with Crippen molar-refractivity contribution in [1.82, 2.24) is 34.8 Å². The van der Waals surface area contributed by atoms with Gasteiger partial charge in [-0.25, -0.2) is 15.1 Å². The van der Waals surface area contributed by atoms with Crippen molar-refractivity contribution < 1.29 is 9.53 Å². The molecule has 1 saturated heterocycles. The minimum atomic E-state index is -0.270. The van der Waals surface area contributed by atoms with Gasteiger partial charge in [0.25, 0.3) is 5.56 Å². The molecule has 0 radical (unpaired) electrons. The molecule has 3 aromatic heterocycles. The van der Waals surface area contributed by atoms with Gasteiger partial charge in [-0.1, -0.05) is 11.6 Å². The number of carbonyl (C=O) groups is 1. The molecule has 1 fully saturated rings. The second kappa shape index (κ2) is 9.18. The Morgan fingerprint density at radius 3 is 2.63 bits per heavy atom. The van der Waals surface area contributed by atoms with Gasteiger partial charge in [-0.3, -0.25) is 14.3 Å². The number of nitrogens with zero attached hydrogens (tertiary/aromatic N) is 7. The zero-order valence-electron chi connectivity index (χ0n) is 16.2. The lowest BCUT2D eigenvalue weighted by atomic mass is 10.3. The van der Waals surface area contributed by atoms with Gasteiger partial charge in [0.1, 0.15) is 0 Å². The van der Waals surface area contributed by atoms with Gasteiger partial charge >= 0.3 is 0 Å². The number of hydrogen-bond donors (Lipinski definition) is 1. The molecule has 0 aromatic carbocycles. The third-order valence-electron chi connectivity index (χ3n) is 4.91. The highest BCUT2D eigenvalue weighted by molar-refractivity contribution is 6.30. The van der Waals surface area contributed by atoms with Crippen LogP contribution in [0.4, 0.5) is 5.95 Å². The van der Waals surface area contributed by atoms with Crippen molar-refractivity contribution in [3.05, 3.63) is 40.2 Å². The summed E-state index contributed by atoms with van der Waals surface area (Å²) >= 11 is 5.82. The predicted molar refractivity (Wildman–Crippen MR) is 109 cm³/mol. The second-order valence-corrected chi connectivity index (χ2v) is 7.23. The minimum Gasteiger partial charge on any atom is -0.379 e. The van der Waals surface area contributed by atoms with E-state index in [0.29, 0.717) is 74.2 Å². The van der Waals surface area contributed by atoms with E-state index in [0.717, 1.165) is 0 Å². The molecule has 0 aliphatic carbocycles. The number of fused-ring (bicyclic) bond motifs is 1. The molecule has 0 saturated carbocycles. The van der Waals surface area contributed by atoms with E-state index in [9.17, 15) is 9.59 Å². The molecule has 0 spiro atoms. The number of nitrogens with one attached hydrogen (secondary N) is 1. The Morgan fingerprint density at radius 1 is 1.10 bits per heavy atom. The van der Waals surface area contributed by atoms with Crippen molar-refractivity contribution in [1.29, 1.82) is 0 Å². The number of hydrogen-bond acceptors (Lipinski definition) is 8. The Bertz CT molecular complexity index is 1060. The summed E-state index contributed by atoms with van der Waals surface area (Å²) in [5, 5.41) is 11.3. The van der Waals surface area contributed by atoms with Crippen LogP contribution in [-0.4, -0.2) is 80.1 Å². The molecule has 1 aliphatic rings. The molecular formula is C18H21ClN8O3. The second-order valence-electron chi connectivity index (χ2n) is 6.80. The van der Waals surface area contributed by atoms with Crippen molar-refractivity contribution in [3.8, 4) is 0 Å². The standard InChI is InChI=1S/C18H21ClN8O3/c19-13-9-20-18(21-10-13)26-4-2-25(3-5-26)16(28)1-7-30-8-6-27-15-12-22-24-17(29)14(15)11-23-27/h9-12H,1-8H2,(H,24,29). The molecule has 30 heavy (non-hydrogen) atoms. The van der Waals surface area contributed by atoms with E-state index in [1.54, 1.807) is 23.3 Å². The monoisotopic (exact) mass is 432 g/mol. The lowest BCUT2D eigenvalue weighted by molar-refractivity contribution is -0.132.